The lowest BCUT2D eigenvalue weighted by Gasteiger charge is -2.34. The topological polar surface area (TPSA) is 52.6 Å². The summed E-state index contributed by atoms with van der Waals surface area (Å²) in [4.78, 5) is 22.7. The first-order valence-electron chi connectivity index (χ1n) is 6.42. The molecule has 0 amide bonds. The summed E-state index contributed by atoms with van der Waals surface area (Å²) in [5, 5.41) is 0. The minimum Gasteiger partial charge on any atom is -0.421 e. The van der Waals surface area contributed by atoms with Crippen LogP contribution >= 0.6 is 0 Å². The summed E-state index contributed by atoms with van der Waals surface area (Å²) >= 11 is 0. The summed E-state index contributed by atoms with van der Waals surface area (Å²) in [5.74, 6) is -0.791. The Morgan fingerprint density at radius 2 is 1.58 bits per heavy atom. The van der Waals surface area contributed by atoms with Crippen LogP contribution in [0.25, 0.3) is 0 Å². The Morgan fingerprint density at radius 3 is 1.89 bits per heavy atom. The van der Waals surface area contributed by atoms with Crippen LogP contribution in [0, 0.1) is 11.3 Å². The molecular weight excluding hydrogens is 244 g/mol. The Hall–Kier alpha value is -1.58. The van der Waals surface area contributed by atoms with Gasteiger partial charge in [0.1, 0.15) is 0 Å². The van der Waals surface area contributed by atoms with E-state index in [0.29, 0.717) is 5.92 Å². The second-order valence-electron chi connectivity index (χ2n) is 5.32. The van der Waals surface area contributed by atoms with Gasteiger partial charge in [0.25, 0.3) is 6.29 Å². The summed E-state index contributed by atoms with van der Waals surface area (Å²) in [6.07, 6.45) is 2.92. The van der Waals surface area contributed by atoms with Gasteiger partial charge in [-0.15, -0.1) is 0 Å². The fourth-order valence-corrected chi connectivity index (χ4v) is 1.79. The van der Waals surface area contributed by atoms with Crippen molar-refractivity contribution in [2.75, 3.05) is 0 Å². The maximum atomic E-state index is 11.3. The molecule has 1 atom stereocenters. The highest BCUT2D eigenvalue weighted by Gasteiger charge is 2.36. The number of hydrogen-bond donors (Lipinski definition) is 0. The van der Waals surface area contributed by atoms with E-state index in [0.717, 1.165) is 25.0 Å². The van der Waals surface area contributed by atoms with Crippen molar-refractivity contribution in [1.29, 1.82) is 0 Å². The van der Waals surface area contributed by atoms with Crippen LogP contribution in [0.1, 0.15) is 40.5 Å². The molecule has 0 fully saturated rings. The molecule has 0 aliphatic carbocycles. The smallest absolute Gasteiger partial charge is 0.333 e. The summed E-state index contributed by atoms with van der Waals surface area (Å²) in [5.41, 5.74) is -0.479. The van der Waals surface area contributed by atoms with E-state index in [1.165, 1.54) is 0 Å². The molecule has 0 aliphatic heterocycles. The van der Waals surface area contributed by atoms with Gasteiger partial charge in [-0.2, -0.15) is 0 Å². The van der Waals surface area contributed by atoms with E-state index in [1.54, 1.807) is 0 Å². The standard InChI is InChI=1S/C15H24O4/c1-7-11(4)10-15(5,6)14(18-12(16)8-2)19-13(17)9-3/h8-9,11,14H,2-3,7,10H2,1,4-6H3. The number of esters is 2. The second-order valence-corrected chi connectivity index (χ2v) is 5.32. The van der Waals surface area contributed by atoms with Crippen molar-refractivity contribution in [2.45, 2.75) is 46.8 Å². The summed E-state index contributed by atoms with van der Waals surface area (Å²) in [7, 11) is 0. The van der Waals surface area contributed by atoms with Crippen molar-refractivity contribution in [2.24, 2.45) is 11.3 Å². The highest BCUT2D eigenvalue weighted by atomic mass is 16.7. The van der Waals surface area contributed by atoms with E-state index in [2.05, 4.69) is 27.0 Å². The lowest BCUT2D eigenvalue weighted by atomic mass is 9.81. The average Bonchev–Trinajstić information content (AvgIpc) is 2.36. The van der Waals surface area contributed by atoms with Crippen molar-refractivity contribution in [3.63, 3.8) is 0 Å². The molecule has 0 aromatic heterocycles. The molecule has 0 aromatic rings. The zero-order valence-electron chi connectivity index (χ0n) is 12.3. The van der Waals surface area contributed by atoms with Gasteiger partial charge in [-0.1, -0.05) is 47.3 Å². The molecular formula is C15H24O4. The van der Waals surface area contributed by atoms with Crippen LogP contribution in [0.4, 0.5) is 0 Å². The van der Waals surface area contributed by atoms with E-state index in [1.807, 2.05) is 13.8 Å². The van der Waals surface area contributed by atoms with Gasteiger partial charge in [0.15, 0.2) is 0 Å². The molecule has 0 N–H and O–H groups in total. The summed E-state index contributed by atoms with van der Waals surface area (Å²) in [6.45, 7) is 14.7. The molecule has 0 bridgehead atoms. The first kappa shape index (κ1) is 17.4. The number of carbonyl (C=O) groups excluding carboxylic acids is 2. The predicted molar refractivity (Wildman–Crippen MR) is 74.2 cm³/mol. The zero-order valence-corrected chi connectivity index (χ0v) is 12.3. The van der Waals surface area contributed by atoms with Crippen LogP contribution in [0.2, 0.25) is 0 Å². The van der Waals surface area contributed by atoms with Gasteiger partial charge in [-0.05, 0) is 12.3 Å². The van der Waals surface area contributed by atoms with E-state index in [9.17, 15) is 9.59 Å². The van der Waals surface area contributed by atoms with Gasteiger partial charge in [0.05, 0.1) is 0 Å². The second kappa shape index (κ2) is 7.77. The molecule has 0 spiro atoms. The number of ether oxygens (including phenoxy) is 2. The van der Waals surface area contributed by atoms with Gasteiger partial charge in [0, 0.05) is 17.6 Å². The number of hydrogen-bond acceptors (Lipinski definition) is 4. The molecule has 4 heteroatoms. The van der Waals surface area contributed by atoms with Crippen molar-refractivity contribution >= 4 is 11.9 Å². The number of carbonyl (C=O) groups is 2. The van der Waals surface area contributed by atoms with Gasteiger partial charge < -0.3 is 9.47 Å². The molecule has 0 rings (SSSR count). The summed E-state index contributed by atoms with van der Waals surface area (Å²) in [6, 6.07) is 0. The van der Waals surface area contributed by atoms with Crippen LogP contribution in [0.3, 0.4) is 0 Å². The third kappa shape index (κ3) is 6.22. The summed E-state index contributed by atoms with van der Waals surface area (Å²) < 4.78 is 10.3. The highest BCUT2D eigenvalue weighted by Crippen LogP contribution is 2.33. The van der Waals surface area contributed by atoms with E-state index < -0.39 is 23.6 Å². The highest BCUT2D eigenvalue weighted by molar-refractivity contribution is 5.83. The Bertz CT molecular complexity index is 322. The van der Waals surface area contributed by atoms with Crippen LogP contribution in [-0.4, -0.2) is 18.2 Å². The van der Waals surface area contributed by atoms with Crippen LogP contribution in [0.5, 0.6) is 0 Å². The molecule has 0 saturated carbocycles. The molecule has 19 heavy (non-hydrogen) atoms. The zero-order chi connectivity index (χ0) is 15.1. The average molecular weight is 268 g/mol. The maximum absolute atomic E-state index is 11.3. The lowest BCUT2D eigenvalue weighted by Crippen LogP contribution is -2.38. The molecule has 108 valence electrons. The van der Waals surface area contributed by atoms with Gasteiger partial charge >= 0.3 is 11.9 Å². The molecule has 0 heterocycles. The minimum absolute atomic E-state index is 0.433. The molecule has 0 radical (unpaired) electrons. The minimum atomic E-state index is -0.947. The monoisotopic (exact) mass is 268 g/mol. The Balaban J connectivity index is 4.96. The molecule has 0 aromatic carbocycles. The van der Waals surface area contributed by atoms with Crippen molar-refractivity contribution in [3.8, 4) is 0 Å². The van der Waals surface area contributed by atoms with Crippen LogP contribution in [-0.2, 0) is 19.1 Å². The van der Waals surface area contributed by atoms with Crippen molar-refractivity contribution < 1.29 is 19.1 Å². The number of rotatable bonds is 8. The normalized spacial score (nSPS) is 12.7. The predicted octanol–water partition coefficient (Wildman–Crippen LogP) is 3.23. The maximum Gasteiger partial charge on any atom is 0.333 e. The first-order chi connectivity index (χ1) is 8.76. The fraction of sp³-hybridized carbons (Fsp3) is 0.600. The fourth-order valence-electron chi connectivity index (χ4n) is 1.79. The van der Waals surface area contributed by atoms with E-state index in [4.69, 9.17) is 9.47 Å². The lowest BCUT2D eigenvalue weighted by molar-refractivity contribution is -0.204. The van der Waals surface area contributed by atoms with Gasteiger partial charge in [-0.3, -0.25) is 0 Å². The third-order valence-electron chi connectivity index (χ3n) is 2.99. The van der Waals surface area contributed by atoms with E-state index >= 15 is 0 Å². The SMILES string of the molecule is C=CC(=O)OC(OC(=O)C=C)C(C)(C)CC(C)CC. The van der Waals surface area contributed by atoms with Crippen LogP contribution < -0.4 is 0 Å². The van der Waals surface area contributed by atoms with Gasteiger partial charge in [-0.25, -0.2) is 9.59 Å². The first-order valence-corrected chi connectivity index (χ1v) is 6.42. The van der Waals surface area contributed by atoms with Crippen LogP contribution in [0.15, 0.2) is 25.3 Å². The van der Waals surface area contributed by atoms with Gasteiger partial charge in [0.2, 0.25) is 0 Å². The molecule has 0 aliphatic rings. The largest absolute Gasteiger partial charge is 0.421 e. The van der Waals surface area contributed by atoms with Crippen molar-refractivity contribution in [3.05, 3.63) is 25.3 Å². The third-order valence-corrected chi connectivity index (χ3v) is 2.99. The van der Waals surface area contributed by atoms with Crippen molar-refractivity contribution in [1.82, 2.24) is 0 Å². The Kier molecular flexibility index (Phi) is 7.12. The van der Waals surface area contributed by atoms with E-state index in [-0.39, 0.29) is 0 Å². The molecule has 4 nitrogen and oxygen atoms in total. The molecule has 1 unspecified atom stereocenters. The Morgan fingerprint density at radius 1 is 1.16 bits per heavy atom. The quantitative estimate of drug-likeness (QED) is 0.385. The molecule has 0 saturated heterocycles. The Labute approximate surface area is 115 Å².